The summed E-state index contributed by atoms with van der Waals surface area (Å²) in [5.74, 6) is 0.152. The Labute approximate surface area is 248 Å². The summed E-state index contributed by atoms with van der Waals surface area (Å²) in [4.78, 5) is 34.3. The Hall–Kier alpha value is -4.44. The molecule has 10 heteroatoms. The largest absolute Gasteiger partial charge is 0.497 e. The number of hydrogen-bond donors (Lipinski definition) is 0. The monoisotopic (exact) mass is 591 g/mol. The van der Waals surface area contributed by atoms with Gasteiger partial charge in [-0.1, -0.05) is 17.4 Å². The third-order valence-electron chi connectivity index (χ3n) is 6.93. The topological polar surface area (TPSA) is 82.4 Å². The summed E-state index contributed by atoms with van der Waals surface area (Å²) in [6, 6.07) is 10.6. The second kappa shape index (κ2) is 13.0. The molecular formula is C32H34FN3O5S. The van der Waals surface area contributed by atoms with Crippen LogP contribution in [0, 0.1) is 5.82 Å². The number of carbonyl (C=O) groups is 1. The predicted octanol–water partition coefficient (Wildman–Crippen LogP) is 5.24. The van der Waals surface area contributed by atoms with Crippen LogP contribution >= 0.6 is 11.3 Å². The molecule has 1 atom stereocenters. The number of thiazole rings is 1. The van der Waals surface area contributed by atoms with Crippen LogP contribution in [0.3, 0.4) is 0 Å². The van der Waals surface area contributed by atoms with E-state index in [1.807, 2.05) is 37.8 Å². The number of fused-ring (bicyclic) bond motifs is 1. The minimum atomic E-state index is -0.849. The molecule has 3 aromatic rings. The second-order valence-corrected chi connectivity index (χ2v) is 10.5. The predicted molar refractivity (Wildman–Crippen MR) is 163 cm³/mol. The number of carbonyl (C=O) groups excluding carboxylic acids is 1. The van der Waals surface area contributed by atoms with Crippen molar-refractivity contribution in [3.05, 3.63) is 108 Å². The third-order valence-corrected chi connectivity index (χ3v) is 7.93. The molecule has 0 spiro atoms. The van der Waals surface area contributed by atoms with Gasteiger partial charge in [0.2, 0.25) is 0 Å². The summed E-state index contributed by atoms with van der Waals surface area (Å²) in [5.41, 5.74) is 3.50. The van der Waals surface area contributed by atoms with Gasteiger partial charge < -0.3 is 19.1 Å². The Morgan fingerprint density at radius 3 is 2.45 bits per heavy atom. The van der Waals surface area contributed by atoms with Crippen LogP contribution in [0.2, 0.25) is 0 Å². The molecule has 0 amide bonds. The van der Waals surface area contributed by atoms with Crippen molar-refractivity contribution < 1.29 is 23.4 Å². The number of methoxy groups -OCH3 is 2. The van der Waals surface area contributed by atoms with Crippen LogP contribution in [0.4, 0.5) is 10.1 Å². The van der Waals surface area contributed by atoms with E-state index in [1.54, 1.807) is 57.4 Å². The molecule has 1 aliphatic rings. The zero-order valence-electron chi connectivity index (χ0n) is 24.7. The Morgan fingerprint density at radius 2 is 1.83 bits per heavy atom. The number of hydrogen-bond acceptors (Lipinski definition) is 8. The highest BCUT2D eigenvalue weighted by Crippen LogP contribution is 2.37. The molecule has 2 heterocycles. The van der Waals surface area contributed by atoms with Gasteiger partial charge in [-0.15, -0.1) is 0 Å². The van der Waals surface area contributed by atoms with Gasteiger partial charge in [0.1, 0.15) is 23.4 Å². The molecule has 0 N–H and O–H groups in total. The molecule has 0 saturated heterocycles. The first-order valence-corrected chi connectivity index (χ1v) is 14.2. The summed E-state index contributed by atoms with van der Waals surface area (Å²) < 4.78 is 32.0. The van der Waals surface area contributed by atoms with Gasteiger partial charge in [-0.25, -0.2) is 14.2 Å². The lowest BCUT2D eigenvalue weighted by Gasteiger charge is -2.26. The standard InChI is InChI=1S/C32H34FN3O5S/c1-8-19(3)35(23-13-11-22(33)12-14-23)20(4)10-17-27-30(37)36-29(25-18-24(39-6)15-16-26(25)40-7)28(31(38)41-9-2)21(5)34-32(36)42-27/h8,10-18,29H,9H2,1-7H3/b19-8-,20-10+,27-17-. The first kappa shape index (κ1) is 30.5. The van der Waals surface area contributed by atoms with E-state index in [4.69, 9.17) is 14.2 Å². The lowest BCUT2D eigenvalue weighted by atomic mass is 9.95. The Bertz CT molecular complexity index is 1770. The van der Waals surface area contributed by atoms with Gasteiger partial charge in [0.05, 0.1) is 36.6 Å². The molecule has 1 aliphatic heterocycles. The van der Waals surface area contributed by atoms with Crippen molar-refractivity contribution in [1.82, 2.24) is 4.57 Å². The number of nitrogens with zero attached hydrogens (tertiary/aromatic N) is 3. The number of benzene rings is 2. The van der Waals surface area contributed by atoms with Gasteiger partial charge in [0, 0.05) is 22.6 Å². The zero-order chi connectivity index (χ0) is 30.6. The molecule has 0 radical (unpaired) electrons. The number of ether oxygens (including phenoxy) is 3. The van der Waals surface area contributed by atoms with E-state index in [0.29, 0.717) is 32.1 Å². The normalized spacial score (nSPS) is 15.7. The molecule has 0 fully saturated rings. The van der Waals surface area contributed by atoms with Crippen LogP contribution in [0.15, 0.2) is 87.1 Å². The van der Waals surface area contributed by atoms with Gasteiger partial charge in [-0.2, -0.15) is 0 Å². The van der Waals surface area contributed by atoms with E-state index < -0.39 is 12.0 Å². The van der Waals surface area contributed by atoms with Crippen molar-refractivity contribution in [2.75, 3.05) is 25.7 Å². The van der Waals surface area contributed by atoms with E-state index in [9.17, 15) is 14.0 Å². The second-order valence-electron chi connectivity index (χ2n) is 9.48. The number of anilines is 1. The number of halogens is 1. The SMILES string of the molecule is C/C=C(/C)N(/C(C)=C/C=c1\sc2n(c1=O)C(c1cc(OC)ccc1OC)C(C(=O)OCC)=C(C)N=2)c1ccc(F)cc1. The molecular weight excluding hydrogens is 557 g/mol. The molecule has 0 aliphatic carbocycles. The van der Waals surface area contributed by atoms with Crippen molar-refractivity contribution in [2.24, 2.45) is 4.99 Å². The smallest absolute Gasteiger partial charge is 0.338 e. The number of aromatic nitrogens is 1. The van der Waals surface area contributed by atoms with E-state index in [2.05, 4.69) is 4.99 Å². The molecule has 1 unspecified atom stereocenters. The van der Waals surface area contributed by atoms with Gasteiger partial charge in [0.15, 0.2) is 4.80 Å². The minimum Gasteiger partial charge on any atom is -0.497 e. The molecule has 8 nitrogen and oxygen atoms in total. The molecule has 42 heavy (non-hydrogen) atoms. The fourth-order valence-electron chi connectivity index (χ4n) is 4.83. The number of esters is 1. The van der Waals surface area contributed by atoms with Crippen molar-refractivity contribution in [1.29, 1.82) is 0 Å². The van der Waals surface area contributed by atoms with E-state index in [0.717, 1.165) is 17.1 Å². The van der Waals surface area contributed by atoms with Gasteiger partial charge in [-0.05, 0) is 89.2 Å². The molecule has 0 bridgehead atoms. The number of rotatable bonds is 9. The summed E-state index contributed by atoms with van der Waals surface area (Å²) in [6.45, 7) is 9.42. The van der Waals surface area contributed by atoms with Crippen LogP contribution in [0.25, 0.3) is 6.08 Å². The maximum absolute atomic E-state index is 14.0. The first-order valence-electron chi connectivity index (χ1n) is 13.4. The molecule has 220 valence electrons. The maximum Gasteiger partial charge on any atom is 0.338 e. The van der Waals surface area contributed by atoms with Gasteiger partial charge >= 0.3 is 5.97 Å². The van der Waals surface area contributed by atoms with Crippen LogP contribution < -0.4 is 29.3 Å². The average molecular weight is 592 g/mol. The zero-order valence-corrected chi connectivity index (χ0v) is 25.5. The highest BCUT2D eigenvalue weighted by Gasteiger charge is 2.35. The molecule has 0 saturated carbocycles. The summed E-state index contributed by atoms with van der Waals surface area (Å²) >= 11 is 1.22. The summed E-state index contributed by atoms with van der Waals surface area (Å²) in [6.07, 6.45) is 5.53. The Balaban J connectivity index is 1.92. The highest BCUT2D eigenvalue weighted by molar-refractivity contribution is 7.07. The van der Waals surface area contributed by atoms with Crippen molar-refractivity contribution in [3.63, 3.8) is 0 Å². The lowest BCUT2D eigenvalue weighted by Crippen LogP contribution is -2.40. The van der Waals surface area contributed by atoms with Gasteiger partial charge in [0.25, 0.3) is 5.56 Å². The van der Waals surface area contributed by atoms with E-state index in [-0.39, 0.29) is 23.6 Å². The fourth-order valence-corrected chi connectivity index (χ4v) is 5.82. The van der Waals surface area contributed by atoms with Crippen molar-refractivity contribution >= 4 is 29.1 Å². The quantitative estimate of drug-likeness (QED) is 0.317. The minimum absolute atomic E-state index is 0.169. The van der Waals surface area contributed by atoms with Gasteiger partial charge in [-0.3, -0.25) is 9.36 Å². The van der Waals surface area contributed by atoms with Crippen LogP contribution in [0.1, 0.15) is 46.2 Å². The third kappa shape index (κ3) is 5.94. The average Bonchev–Trinajstić information content (AvgIpc) is 3.30. The molecule has 2 aromatic carbocycles. The lowest BCUT2D eigenvalue weighted by molar-refractivity contribution is -0.139. The fraction of sp³-hybridized carbons (Fsp3) is 0.281. The molecule has 4 rings (SSSR count). The Morgan fingerprint density at radius 1 is 1.12 bits per heavy atom. The van der Waals surface area contributed by atoms with Crippen molar-refractivity contribution in [3.8, 4) is 11.5 Å². The Kier molecular flexibility index (Phi) is 9.47. The number of allylic oxidation sites excluding steroid dienone is 5. The van der Waals surface area contributed by atoms with Crippen LogP contribution in [-0.4, -0.2) is 31.4 Å². The first-order chi connectivity index (χ1) is 20.1. The van der Waals surface area contributed by atoms with E-state index >= 15 is 0 Å². The van der Waals surface area contributed by atoms with Crippen LogP contribution in [0.5, 0.6) is 11.5 Å². The van der Waals surface area contributed by atoms with Crippen LogP contribution in [-0.2, 0) is 9.53 Å². The maximum atomic E-state index is 14.0. The highest BCUT2D eigenvalue weighted by atomic mass is 32.1. The van der Waals surface area contributed by atoms with E-state index in [1.165, 1.54) is 35.1 Å². The summed E-state index contributed by atoms with van der Waals surface area (Å²) in [5, 5.41) is 0. The molecule has 1 aromatic heterocycles. The summed E-state index contributed by atoms with van der Waals surface area (Å²) in [7, 11) is 3.08. The van der Waals surface area contributed by atoms with Crippen molar-refractivity contribution in [2.45, 2.75) is 40.7 Å².